The average molecular weight is 211 g/mol. The van der Waals surface area contributed by atoms with Gasteiger partial charge in [-0.2, -0.15) is 0 Å². The molecule has 0 aliphatic rings. The Morgan fingerprint density at radius 3 is 2.67 bits per heavy atom. The minimum absolute atomic E-state index is 0.0821. The summed E-state index contributed by atoms with van der Waals surface area (Å²) >= 11 is 0. The highest BCUT2D eigenvalue weighted by Gasteiger charge is 2.20. The number of rotatable bonds is 4. The van der Waals surface area contributed by atoms with Crippen LogP contribution in [0.25, 0.3) is 0 Å². The minimum atomic E-state index is -0.806. The highest BCUT2D eigenvalue weighted by atomic mass is 19.1. The summed E-state index contributed by atoms with van der Waals surface area (Å²) in [6.07, 6.45) is -0.0645. The van der Waals surface area contributed by atoms with Crippen molar-refractivity contribution in [2.75, 3.05) is 6.54 Å². The highest BCUT2D eigenvalue weighted by molar-refractivity contribution is 5.26. The second-order valence-electron chi connectivity index (χ2n) is 3.87. The number of hydrogen-bond donors (Lipinski definition) is 2. The van der Waals surface area contributed by atoms with Gasteiger partial charge < -0.3 is 10.8 Å². The molecule has 0 aliphatic heterocycles. The molecule has 0 bridgehead atoms. The van der Waals surface area contributed by atoms with Crippen molar-refractivity contribution in [1.29, 1.82) is 0 Å². The molecule has 0 amide bonds. The smallest absolute Gasteiger partial charge is 0.129 e. The Morgan fingerprint density at radius 2 is 2.13 bits per heavy atom. The van der Waals surface area contributed by atoms with Gasteiger partial charge in [0.05, 0.1) is 6.10 Å². The van der Waals surface area contributed by atoms with Crippen LogP contribution in [-0.4, -0.2) is 11.7 Å². The quantitative estimate of drug-likeness (QED) is 0.801. The fourth-order valence-corrected chi connectivity index (χ4v) is 1.66. The standard InChI is InChI=1S/C12H18FNO/c1-3-9(7-14)12(15)10-6-8(2)4-5-11(10)13/h4-6,9,12,15H,3,7,14H2,1-2H3. The third-order valence-electron chi connectivity index (χ3n) is 2.74. The molecule has 0 heterocycles. The largest absolute Gasteiger partial charge is 0.388 e. The van der Waals surface area contributed by atoms with Gasteiger partial charge in [-0.05, 0) is 26.0 Å². The monoisotopic (exact) mass is 211 g/mol. The summed E-state index contributed by atoms with van der Waals surface area (Å²) in [6.45, 7) is 4.18. The van der Waals surface area contributed by atoms with E-state index in [0.29, 0.717) is 12.1 Å². The summed E-state index contributed by atoms with van der Waals surface area (Å²) in [5, 5.41) is 9.97. The minimum Gasteiger partial charge on any atom is -0.388 e. The zero-order valence-corrected chi connectivity index (χ0v) is 9.20. The van der Waals surface area contributed by atoms with E-state index in [-0.39, 0.29) is 11.7 Å². The Hall–Kier alpha value is -0.930. The van der Waals surface area contributed by atoms with E-state index < -0.39 is 6.10 Å². The van der Waals surface area contributed by atoms with Crippen molar-refractivity contribution < 1.29 is 9.50 Å². The molecule has 0 saturated heterocycles. The van der Waals surface area contributed by atoms with Crippen LogP contribution in [0.3, 0.4) is 0 Å². The zero-order valence-electron chi connectivity index (χ0n) is 9.20. The number of hydrogen-bond acceptors (Lipinski definition) is 2. The average Bonchev–Trinajstić information content (AvgIpc) is 2.23. The van der Waals surface area contributed by atoms with Gasteiger partial charge in [0.1, 0.15) is 5.82 Å². The fourth-order valence-electron chi connectivity index (χ4n) is 1.66. The molecule has 0 spiro atoms. The van der Waals surface area contributed by atoms with Crippen molar-refractivity contribution in [3.8, 4) is 0 Å². The molecule has 84 valence electrons. The SMILES string of the molecule is CCC(CN)C(O)c1cc(C)ccc1F. The molecule has 3 N–H and O–H groups in total. The first-order valence-electron chi connectivity index (χ1n) is 5.24. The molecule has 0 saturated carbocycles. The van der Waals surface area contributed by atoms with Crippen LogP contribution < -0.4 is 5.73 Å². The van der Waals surface area contributed by atoms with Crippen LogP contribution in [0.15, 0.2) is 18.2 Å². The molecule has 1 rings (SSSR count). The van der Waals surface area contributed by atoms with E-state index in [1.54, 1.807) is 12.1 Å². The second kappa shape index (κ2) is 5.24. The van der Waals surface area contributed by atoms with Gasteiger partial charge in [-0.3, -0.25) is 0 Å². The van der Waals surface area contributed by atoms with Crippen molar-refractivity contribution in [1.82, 2.24) is 0 Å². The van der Waals surface area contributed by atoms with Crippen LogP contribution >= 0.6 is 0 Å². The highest BCUT2D eigenvalue weighted by Crippen LogP contribution is 2.26. The summed E-state index contributed by atoms with van der Waals surface area (Å²) in [6, 6.07) is 4.75. The third-order valence-corrected chi connectivity index (χ3v) is 2.74. The van der Waals surface area contributed by atoms with Gasteiger partial charge in [0, 0.05) is 11.5 Å². The Kier molecular flexibility index (Phi) is 4.24. The molecule has 1 aromatic carbocycles. The van der Waals surface area contributed by atoms with Crippen molar-refractivity contribution in [2.45, 2.75) is 26.4 Å². The maximum atomic E-state index is 13.5. The molecular formula is C12H18FNO. The van der Waals surface area contributed by atoms with E-state index >= 15 is 0 Å². The van der Waals surface area contributed by atoms with Crippen LogP contribution in [-0.2, 0) is 0 Å². The number of nitrogens with two attached hydrogens (primary N) is 1. The van der Waals surface area contributed by atoms with Gasteiger partial charge in [0.25, 0.3) is 0 Å². The van der Waals surface area contributed by atoms with E-state index in [1.807, 2.05) is 13.8 Å². The predicted octanol–water partition coefficient (Wildman–Crippen LogP) is 2.15. The molecule has 2 unspecified atom stereocenters. The van der Waals surface area contributed by atoms with Crippen LogP contribution in [0.4, 0.5) is 4.39 Å². The lowest BCUT2D eigenvalue weighted by Gasteiger charge is -2.21. The number of aliphatic hydroxyl groups is 1. The van der Waals surface area contributed by atoms with Crippen molar-refractivity contribution in [2.24, 2.45) is 11.7 Å². The van der Waals surface area contributed by atoms with Gasteiger partial charge >= 0.3 is 0 Å². The topological polar surface area (TPSA) is 46.2 Å². The lowest BCUT2D eigenvalue weighted by Crippen LogP contribution is -2.22. The number of benzene rings is 1. The zero-order chi connectivity index (χ0) is 11.4. The third kappa shape index (κ3) is 2.76. The van der Waals surface area contributed by atoms with E-state index in [1.165, 1.54) is 6.07 Å². The second-order valence-corrected chi connectivity index (χ2v) is 3.87. The normalized spacial score (nSPS) is 15.0. The maximum absolute atomic E-state index is 13.5. The first-order valence-corrected chi connectivity index (χ1v) is 5.24. The summed E-state index contributed by atoms with van der Waals surface area (Å²) in [5.41, 5.74) is 6.82. The van der Waals surface area contributed by atoms with Gasteiger partial charge in [-0.1, -0.05) is 24.6 Å². The molecule has 0 fully saturated rings. The number of aliphatic hydroxyl groups excluding tert-OH is 1. The Balaban J connectivity index is 2.98. The van der Waals surface area contributed by atoms with Crippen LogP contribution in [0.5, 0.6) is 0 Å². The molecule has 1 aromatic rings. The van der Waals surface area contributed by atoms with Crippen LogP contribution in [0, 0.1) is 18.7 Å². The summed E-state index contributed by atoms with van der Waals surface area (Å²) in [7, 11) is 0. The Labute approximate surface area is 89.9 Å². The molecule has 2 nitrogen and oxygen atoms in total. The lowest BCUT2D eigenvalue weighted by atomic mass is 9.92. The molecule has 0 aliphatic carbocycles. The molecule has 0 aromatic heterocycles. The van der Waals surface area contributed by atoms with Gasteiger partial charge in [0.2, 0.25) is 0 Å². The molecular weight excluding hydrogens is 193 g/mol. The van der Waals surface area contributed by atoms with E-state index in [9.17, 15) is 9.50 Å². The summed E-state index contributed by atoms with van der Waals surface area (Å²) < 4.78 is 13.5. The molecule has 0 radical (unpaired) electrons. The summed E-state index contributed by atoms with van der Waals surface area (Å²) in [4.78, 5) is 0. The summed E-state index contributed by atoms with van der Waals surface area (Å²) in [5.74, 6) is -0.443. The maximum Gasteiger partial charge on any atom is 0.129 e. The first-order chi connectivity index (χ1) is 7.10. The Bertz CT molecular complexity index is 323. The number of aryl methyl sites for hydroxylation is 1. The van der Waals surface area contributed by atoms with E-state index in [0.717, 1.165) is 12.0 Å². The van der Waals surface area contributed by atoms with Crippen molar-refractivity contribution >= 4 is 0 Å². The van der Waals surface area contributed by atoms with Gasteiger partial charge in [0.15, 0.2) is 0 Å². The first kappa shape index (κ1) is 12.1. The molecule has 3 heteroatoms. The molecule has 15 heavy (non-hydrogen) atoms. The molecule has 2 atom stereocenters. The van der Waals surface area contributed by atoms with Crippen LogP contribution in [0.1, 0.15) is 30.6 Å². The lowest BCUT2D eigenvalue weighted by molar-refractivity contribution is 0.106. The fraction of sp³-hybridized carbons (Fsp3) is 0.500. The van der Waals surface area contributed by atoms with E-state index in [2.05, 4.69) is 0 Å². The van der Waals surface area contributed by atoms with Crippen molar-refractivity contribution in [3.63, 3.8) is 0 Å². The van der Waals surface area contributed by atoms with Gasteiger partial charge in [-0.15, -0.1) is 0 Å². The Morgan fingerprint density at radius 1 is 1.47 bits per heavy atom. The van der Waals surface area contributed by atoms with E-state index in [4.69, 9.17) is 5.73 Å². The van der Waals surface area contributed by atoms with Gasteiger partial charge in [-0.25, -0.2) is 4.39 Å². The predicted molar refractivity (Wildman–Crippen MR) is 58.9 cm³/mol. The van der Waals surface area contributed by atoms with Crippen LogP contribution in [0.2, 0.25) is 0 Å². The number of halogens is 1. The van der Waals surface area contributed by atoms with Crippen molar-refractivity contribution in [3.05, 3.63) is 35.1 Å².